The van der Waals surface area contributed by atoms with Gasteiger partial charge in [0.15, 0.2) is 0 Å². The van der Waals surface area contributed by atoms with Gasteiger partial charge in [0.05, 0.1) is 19.1 Å². The Kier molecular flexibility index (Phi) is 22.8. The third kappa shape index (κ3) is 21.9. The molecular weight excluding hydrogens is 388 g/mol. The van der Waals surface area contributed by atoms with Crippen molar-refractivity contribution in [1.82, 2.24) is 0 Å². The van der Waals surface area contributed by atoms with E-state index in [1.54, 1.807) is 0 Å². The predicted octanol–water partition coefficient (Wildman–Crippen LogP) is 8.16. The highest BCUT2D eigenvalue weighted by atomic mass is 16.5. The molecule has 4 nitrogen and oxygen atoms in total. The Morgan fingerprint density at radius 3 is 1.58 bits per heavy atom. The van der Waals surface area contributed by atoms with Crippen LogP contribution >= 0.6 is 0 Å². The van der Waals surface area contributed by atoms with Gasteiger partial charge >= 0.3 is 11.9 Å². The lowest BCUT2D eigenvalue weighted by molar-refractivity contribution is -0.148. The Morgan fingerprint density at radius 1 is 0.581 bits per heavy atom. The molecule has 0 aromatic rings. The zero-order chi connectivity index (χ0) is 23.0. The van der Waals surface area contributed by atoms with Crippen LogP contribution in [0.25, 0.3) is 0 Å². The highest BCUT2D eigenvalue weighted by Crippen LogP contribution is 2.15. The Hall–Kier alpha value is -1.06. The van der Waals surface area contributed by atoms with Gasteiger partial charge in [-0.05, 0) is 25.7 Å². The SMILES string of the molecule is CCCCCCOC(=O)CCCCCCCCCCCC(C)C(=O)OCCCCCC. The maximum Gasteiger partial charge on any atom is 0.308 e. The van der Waals surface area contributed by atoms with Crippen LogP contribution in [-0.2, 0) is 19.1 Å². The molecule has 0 aliphatic heterocycles. The molecule has 31 heavy (non-hydrogen) atoms. The van der Waals surface area contributed by atoms with Crippen LogP contribution in [0, 0.1) is 5.92 Å². The summed E-state index contributed by atoms with van der Waals surface area (Å²) in [6, 6.07) is 0. The van der Waals surface area contributed by atoms with Crippen LogP contribution in [0.3, 0.4) is 0 Å². The summed E-state index contributed by atoms with van der Waals surface area (Å²) in [5, 5.41) is 0. The number of esters is 2. The lowest BCUT2D eigenvalue weighted by atomic mass is 10.0. The second-order valence-corrected chi connectivity index (χ2v) is 9.13. The molecule has 0 fully saturated rings. The molecule has 0 saturated heterocycles. The highest BCUT2D eigenvalue weighted by molar-refractivity contribution is 5.71. The quantitative estimate of drug-likeness (QED) is 0.119. The smallest absolute Gasteiger partial charge is 0.308 e. The van der Waals surface area contributed by atoms with E-state index in [1.807, 2.05) is 6.92 Å². The fraction of sp³-hybridized carbons (Fsp3) is 0.926. The second-order valence-electron chi connectivity index (χ2n) is 9.13. The molecule has 0 spiro atoms. The molecule has 0 radical (unpaired) electrons. The largest absolute Gasteiger partial charge is 0.466 e. The van der Waals surface area contributed by atoms with Crippen molar-refractivity contribution in [2.75, 3.05) is 13.2 Å². The summed E-state index contributed by atoms with van der Waals surface area (Å²) in [5.74, 6) is -0.00261. The van der Waals surface area contributed by atoms with Gasteiger partial charge in [0.2, 0.25) is 0 Å². The van der Waals surface area contributed by atoms with Crippen LogP contribution in [0.4, 0.5) is 0 Å². The van der Waals surface area contributed by atoms with E-state index in [0.717, 1.165) is 51.4 Å². The summed E-state index contributed by atoms with van der Waals surface area (Å²) in [6.07, 6.45) is 21.4. The van der Waals surface area contributed by atoms with Crippen LogP contribution in [0.15, 0.2) is 0 Å². The van der Waals surface area contributed by atoms with Crippen LogP contribution < -0.4 is 0 Å². The van der Waals surface area contributed by atoms with E-state index in [4.69, 9.17) is 9.47 Å². The van der Waals surface area contributed by atoms with E-state index in [2.05, 4.69) is 13.8 Å². The number of hydrogen-bond donors (Lipinski definition) is 0. The van der Waals surface area contributed by atoms with Crippen LogP contribution in [0.1, 0.15) is 143 Å². The average Bonchev–Trinajstić information content (AvgIpc) is 2.76. The number of ether oxygens (including phenoxy) is 2. The third-order valence-electron chi connectivity index (χ3n) is 5.92. The summed E-state index contributed by atoms with van der Waals surface area (Å²) in [4.78, 5) is 23.6. The summed E-state index contributed by atoms with van der Waals surface area (Å²) in [6.45, 7) is 7.55. The molecule has 0 amide bonds. The fourth-order valence-corrected chi connectivity index (χ4v) is 3.71. The van der Waals surface area contributed by atoms with Gasteiger partial charge in [-0.25, -0.2) is 0 Å². The van der Waals surface area contributed by atoms with Gasteiger partial charge in [0.1, 0.15) is 0 Å². The van der Waals surface area contributed by atoms with Crippen molar-refractivity contribution >= 4 is 11.9 Å². The van der Waals surface area contributed by atoms with Crippen LogP contribution in [0.5, 0.6) is 0 Å². The van der Waals surface area contributed by atoms with E-state index in [-0.39, 0.29) is 17.9 Å². The van der Waals surface area contributed by atoms with Crippen molar-refractivity contribution in [2.24, 2.45) is 5.92 Å². The zero-order valence-electron chi connectivity index (χ0n) is 21.1. The molecule has 0 saturated carbocycles. The van der Waals surface area contributed by atoms with Gasteiger partial charge in [-0.2, -0.15) is 0 Å². The monoisotopic (exact) mass is 440 g/mol. The van der Waals surface area contributed by atoms with Crippen molar-refractivity contribution in [3.63, 3.8) is 0 Å². The summed E-state index contributed by atoms with van der Waals surface area (Å²) in [5.41, 5.74) is 0. The van der Waals surface area contributed by atoms with Gasteiger partial charge in [-0.3, -0.25) is 9.59 Å². The summed E-state index contributed by atoms with van der Waals surface area (Å²) in [7, 11) is 0. The topological polar surface area (TPSA) is 52.6 Å². The number of rotatable bonds is 23. The fourth-order valence-electron chi connectivity index (χ4n) is 3.71. The average molecular weight is 441 g/mol. The molecule has 0 aromatic carbocycles. The number of carbonyl (C=O) groups is 2. The normalized spacial score (nSPS) is 12.0. The molecule has 0 aliphatic carbocycles. The van der Waals surface area contributed by atoms with E-state index in [0.29, 0.717) is 19.6 Å². The highest BCUT2D eigenvalue weighted by Gasteiger charge is 2.13. The van der Waals surface area contributed by atoms with E-state index < -0.39 is 0 Å². The summed E-state index contributed by atoms with van der Waals surface area (Å²) < 4.78 is 10.6. The van der Waals surface area contributed by atoms with Crippen LogP contribution in [0.2, 0.25) is 0 Å². The summed E-state index contributed by atoms with van der Waals surface area (Å²) >= 11 is 0. The van der Waals surface area contributed by atoms with Crippen LogP contribution in [-0.4, -0.2) is 25.2 Å². The Balaban J connectivity index is 3.33. The Morgan fingerprint density at radius 2 is 1.03 bits per heavy atom. The molecule has 0 aliphatic rings. The third-order valence-corrected chi connectivity index (χ3v) is 5.92. The minimum absolute atomic E-state index is 0.0168. The second kappa shape index (κ2) is 23.6. The first-order valence-corrected chi connectivity index (χ1v) is 13.4. The molecule has 0 heterocycles. The molecule has 184 valence electrons. The molecule has 1 atom stereocenters. The van der Waals surface area contributed by atoms with Crippen molar-refractivity contribution in [1.29, 1.82) is 0 Å². The Bertz CT molecular complexity index is 408. The van der Waals surface area contributed by atoms with E-state index in [9.17, 15) is 9.59 Å². The van der Waals surface area contributed by atoms with Gasteiger partial charge < -0.3 is 9.47 Å². The van der Waals surface area contributed by atoms with Gasteiger partial charge in [0.25, 0.3) is 0 Å². The minimum Gasteiger partial charge on any atom is -0.466 e. The zero-order valence-corrected chi connectivity index (χ0v) is 21.1. The lowest BCUT2D eigenvalue weighted by Gasteiger charge is -2.11. The van der Waals surface area contributed by atoms with Crippen molar-refractivity contribution < 1.29 is 19.1 Å². The molecule has 0 N–H and O–H groups in total. The first-order chi connectivity index (χ1) is 15.1. The van der Waals surface area contributed by atoms with Gasteiger partial charge in [-0.15, -0.1) is 0 Å². The first kappa shape index (κ1) is 29.9. The molecule has 1 unspecified atom stereocenters. The molecule has 0 rings (SSSR count). The maximum atomic E-state index is 11.9. The molecular formula is C27H52O4. The van der Waals surface area contributed by atoms with Crippen molar-refractivity contribution in [3.8, 4) is 0 Å². The molecule has 0 bridgehead atoms. The minimum atomic E-state index is -0.0221. The lowest BCUT2D eigenvalue weighted by Crippen LogP contribution is -2.15. The van der Waals surface area contributed by atoms with E-state index >= 15 is 0 Å². The van der Waals surface area contributed by atoms with Gasteiger partial charge in [0, 0.05) is 6.42 Å². The number of hydrogen-bond acceptors (Lipinski definition) is 4. The first-order valence-electron chi connectivity index (χ1n) is 13.4. The maximum absolute atomic E-state index is 11.9. The van der Waals surface area contributed by atoms with Crippen molar-refractivity contribution in [3.05, 3.63) is 0 Å². The van der Waals surface area contributed by atoms with E-state index in [1.165, 1.54) is 64.2 Å². The van der Waals surface area contributed by atoms with Crippen molar-refractivity contribution in [2.45, 2.75) is 143 Å². The molecule has 0 aromatic heterocycles. The standard InChI is InChI=1S/C27H52O4/c1-4-6-8-19-23-30-26(28)22-18-16-14-12-10-11-13-15-17-21-25(3)27(29)31-24-20-9-7-5-2/h25H,4-24H2,1-3H3. The van der Waals surface area contributed by atoms with Gasteiger partial charge in [-0.1, -0.05) is 111 Å². The predicted molar refractivity (Wildman–Crippen MR) is 130 cm³/mol. The number of unbranched alkanes of at least 4 members (excludes halogenated alkanes) is 14. The molecule has 4 heteroatoms. The Labute approximate surface area is 193 Å². The number of carbonyl (C=O) groups excluding carboxylic acids is 2.